The normalized spacial score (nSPS) is 10.3. The number of methoxy groups -OCH3 is 1. The van der Waals surface area contributed by atoms with Crippen molar-refractivity contribution >= 4 is 39.0 Å². The Morgan fingerprint density at radius 3 is 2.38 bits per heavy atom. The minimum Gasteiger partial charge on any atom is -0.465 e. The van der Waals surface area contributed by atoms with Crippen LogP contribution >= 0.6 is 15.9 Å². The number of nitrogens with one attached hydrogen (secondary N) is 1. The summed E-state index contributed by atoms with van der Waals surface area (Å²) in [5, 5.41) is 3.33. The number of halogens is 1. The molecular weight excluding hydrogens is 332 g/mol. The largest absolute Gasteiger partial charge is 0.465 e. The van der Waals surface area contributed by atoms with E-state index < -0.39 is 5.97 Å². The second-order valence-corrected chi connectivity index (χ2v) is 5.75. The molecule has 3 N–H and O–H groups in total. The van der Waals surface area contributed by atoms with Gasteiger partial charge in [0.15, 0.2) is 0 Å². The first kappa shape index (κ1) is 15.4. The summed E-state index contributed by atoms with van der Waals surface area (Å²) in [6, 6.07) is 9.30. The topological polar surface area (TPSA) is 64.3 Å². The molecule has 110 valence electrons. The van der Waals surface area contributed by atoms with Gasteiger partial charge in [0.2, 0.25) is 0 Å². The third-order valence-corrected chi connectivity index (χ3v) is 3.68. The number of hydrogen-bond donors (Lipinski definition) is 2. The van der Waals surface area contributed by atoms with Crippen LogP contribution in [0.3, 0.4) is 0 Å². The van der Waals surface area contributed by atoms with E-state index in [9.17, 15) is 4.79 Å². The maximum atomic E-state index is 11.7. The lowest BCUT2D eigenvalue weighted by atomic mass is 10.1. The van der Waals surface area contributed by atoms with Crippen LogP contribution < -0.4 is 11.1 Å². The predicted octanol–water partition coefficient (Wildman–Crippen LogP) is 4.18. The molecule has 2 aromatic carbocycles. The van der Waals surface area contributed by atoms with Crippen molar-refractivity contribution in [3.05, 3.63) is 51.5 Å². The van der Waals surface area contributed by atoms with E-state index >= 15 is 0 Å². The van der Waals surface area contributed by atoms with Gasteiger partial charge in [-0.1, -0.05) is 15.9 Å². The second-order valence-electron chi connectivity index (χ2n) is 4.83. The van der Waals surface area contributed by atoms with E-state index in [0.29, 0.717) is 11.3 Å². The van der Waals surface area contributed by atoms with Crippen molar-refractivity contribution in [3.63, 3.8) is 0 Å². The van der Waals surface area contributed by atoms with Crippen LogP contribution in [-0.2, 0) is 4.74 Å². The van der Waals surface area contributed by atoms with Gasteiger partial charge in [0, 0.05) is 21.5 Å². The predicted molar refractivity (Wildman–Crippen MR) is 89.1 cm³/mol. The van der Waals surface area contributed by atoms with Crippen molar-refractivity contribution in [3.8, 4) is 0 Å². The molecule has 0 aromatic heterocycles. The summed E-state index contributed by atoms with van der Waals surface area (Å²) < 4.78 is 5.77. The van der Waals surface area contributed by atoms with Crippen LogP contribution in [0.1, 0.15) is 21.5 Å². The Hall–Kier alpha value is -2.01. The van der Waals surface area contributed by atoms with Gasteiger partial charge in [-0.15, -0.1) is 0 Å². The molecule has 0 radical (unpaired) electrons. The smallest absolute Gasteiger partial charge is 0.340 e. The van der Waals surface area contributed by atoms with Gasteiger partial charge in [0.25, 0.3) is 0 Å². The summed E-state index contributed by atoms with van der Waals surface area (Å²) in [6.45, 7) is 4.05. The van der Waals surface area contributed by atoms with Crippen molar-refractivity contribution < 1.29 is 9.53 Å². The summed E-state index contributed by atoms with van der Waals surface area (Å²) in [4.78, 5) is 11.7. The first-order chi connectivity index (χ1) is 9.92. The van der Waals surface area contributed by atoms with Crippen LogP contribution in [-0.4, -0.2) is 13.1 Å². The number of hydrogen-bond acceptors (Lipinski definition) is 4. The average Bonchev–Trinajstić information content (AvgIpc) is 2.43. The van der Waals surface area contributed by atoms with Crippen molar-refractivity contribution in [2.75, 3.05) is 18.2 Å². The van der Waals surface area contributed by atoms with Crippen LogP contribution in [0.2, 0.25) is 0 Å². The highest BCUT2D eigenvalue weighted by Crippen LogP contribution is 2.29. The van der Waals surface area contributed by atoms with Crippen LogP contribution in [0.15, 0.2) is 34.8 Å². The van der Waals surface area contributed by atoms with Gasteiger partial charge in [0.05, 0.1) is 12.7 Å². The van der Waals surface area contributed by atoms with E-state index in [2.05, 4.69) is 21.2 Å². The molecule has 0 saturated heterocycles. The molecule has 0 unspecified atom stereocenters. The van der Waals surface area contributed by atoms with Gasteiger partial charge in [-0.3, -0.25) is 0 Å². The molecule has 2 rings (SSSR count). The van der Waals surface area contributed by atoms with Gasteiger partial charge >= 0.3 is 5.97 Å². The number of carbonyl (C=O) groups is 1. The Labute approximate surface area is 132 Å². The van der Waals surface area contributed by atoms with Gasteiger partial charge in [0.1, 0.15) is 0 Å². The molecule has 0 spiro atoms. The van der Waals surface area contributed by atoms with Crippen LogP contribution in [0, 0.1) is 13.8 Å². The average molecular weight is 349 g/mol. The van der Waals surface area contributed by atoms with Crippen molar-refractivity contribution in [1.82, 2.24) is 0 Å². The molecule has 0 heterocycles. The molecule has 21 heavy (non-hydrogen) atoms. The second kappa shape index (κ2) is 6.18. The van der Waals surface area contributed by atoms with Gasteiger partial charge in [-0.05, 0) is 55.3 Å². The van der Waals surface area contributed by atoms with Crippen molar-refractivity contribution in [1.29, 1.82) is 0 Å². The van der Waals surface area contributed by atoms with E-state index in [-0.39, 0.29) is 0 Å². The molecule has 0 saturated carbocycles. The zero-order chi connectivity index (χ0) is 15.6. The summed E-state index contributed by atoms with van der Waals surface area (Å²) in [6.07, 6.45) is 0. The number of ether oxygens (including phenoxy) is 1. The Bertz CT molecular complexity index is 676. The Morgan fingerprint density at radius 1 is 1.19 bits per heavy atom. The molecular formula is C16H17BrN2O2. The molecule has 0 aliphatic rings. The van der Waals surface area contributed by atoms with Crippen LogP contribution in [0.5, 0.6) is 0 Å². The lowest BCUT2D eigenvalue weighted by Gasteiger charge is -2.14. The van der Waals surface area contributed by atoms with Crippen LogP contribution in [0.4, 0.5) is 17.1 Å². The number of nitrogen functional groups attached to an aromatic ring is 1. The summed E-state index contributed by atoms with van der Waals surface area (Å²) in [7, 11) is 1.34. The monoisotopic (exact) mass is 348 g/mol. The number of benzene rings is 2. The first-order valence-corrected chi connectivity index (χ1v) is 7.23. The lowest BCUT2D eigenvalue weighted by Crippen LogP contribution is -2.06. The summed E-state index contributed by atoms with van der Waals surface area (Å²) in [5.74, 6) is -0.444. The van der Waals surface area contributed by atoms with E-state index in [1.54, 1.807) is 12.1 Å². The minimum absolute atomic E-state index is 0.356. The molecule has 4 nitrogen and oxygen atoms in total. The van der Waals surface area contributed by atoms with E-state index in [0.717, 1.165) is 27.0 Å². The fourth-order valence-corrected chi connectivity index (χ4v) is 2.86. The van der Waals surface area contributed by atoms with Gasteiger partial charge in [-0.25, -0.2) is 4.79 Å². The highest BCUT2D eigenvalue weighted by molar-refractivity contribution is 9.10. The number of nitrogens with two attached hydrogens (primary N) is 1. The summed E-state index contributed by atoms with van der Waals surface area (Å²) in [5.41, 5.74) is 10.6. The highest BCUT2D eigenvalue weighted by atomic mass is 79.9. The zero-order valence-electron chi connectivity index (χ0n) is 12.2. The standard InChI is InChI=1S/C16H17BrN2O2/c1-9-6-11(17)7-10(2)15(9)19-12-4-5-14(18)13(8-12)16(20)21-3/h4-8,19H,18H2,1-3H3. The molecule has 2 aromatic rings. The fourth-order valence-electron chi connectivity index (χ4n) is 2.17. The maximum absolute atomic E-state index is 11.7. The van der Waals surface area contributed by atoms with Crippen molar-refractivity contribution in [2.24, 2.45) is 0 Å². The third-order valence-electron chi connectivity index (χ3n) is 3.23. The molecule has 0 bridgehead atoms. The Morgan fingerprint density at radius 2 is 1.81 bits per heavy atom. The number of esters is 1. The SMILES string of the molecule is COC(=O)c1cc(Nc2c(C)cc(Br)cc2C)ccc1N. The number of rotatable bonds is 3. The number of aryl methyl sites for hydroxylation is 2. The molecule has 0 aliphatic carbocycles. The van der Waals surface area contributed by atoms with Crippen molar-refractivity contribution in [2.45, 2.75) is 13.8 Å². The van der Waals surface area contributed by atoms with E-state index in [4.69, 9.17) is 10.5 Å². The molecule has 0 atom stereocenters. The Kier molecular flexibility index (Phi) is 4.53. The lowest BCUT2D eigenvalue weighted by molar-refractivity contribution is 0.0602. The molecule has 0 amide bonds. The molecule has 0 fully saturated rings. The minimum atomic E-state index is -0.444. The van der Waals surface area contributed by atoms with Crippen LogP contribution in [0.25, 0.3) is 0 Å². The number of carbonyl (C=O) groups excluding carboxylic acids is 1. The maximum Gasteiger partial charge on any atom is 0.340 e. The quantitative estimate of drug-likeness (QED) is 0.645. The summed E-state index contributed by atoms with van der Waals surface area (Å²) >= 11 is 3.48. The highest BCUT2D eigenvalue weighted by Gasteiger charge is 2.12. The van der Waals surface area contributed by atoms with Gasteiger partial charge in [-0.2, -0.15) is 0 Å². The third kappa shape index (κ3) is 3.36. The van der Waals surface area contributed by atoms with E-state index in [1.807, 2.05) is 32.0 Å². The van der Waals surface area contributed by atoms with Gasteiger partial charge < -0.3 is 15.8 Å². The molecule has 5 heteroatoms. The fraction of sp³-hybridized carbons (Fsp3) is 0.188. The zero-order valence-corrected chi connectivity index (χ0v) is 13.7. The number of anilines is 3. The van der Waals surface area contributed by atoms with E-state index in [1.165, 1.54) is 7.11 Å². The molecule has 0 aliphatic heterocycles. The first-order valence-electron chi connectivity index (χ1n) is 6.44. The Balaban J connectivity index is 2.39.